The third-order valence-corrected chi connectivity index (χ3v) is 3.72. The second kappa shape index (κ2) is 5.27. The number of amides is 1. The molecule has 0 radical (unpaired) electrons. The lowest BCUT2D eigenvalue weighted by Gasteiger charge is -2.14. The highest BCUT2D eigenvalue weighted by Crippen LogP contribution is 2.15. The normalized spacial score (nSPS) is 15.7. The molecular formula is C12H16N2OS. The van der Waals surface area contributed by atoms with Crippen LogP contribution in [0.2, 0.25) is 0 Å². The molecule has 86 valence electrons. The van der Waals surface area contributed by atoms with Gasteiger partial charge in [-0.15, -0.1) is 11.3 Å². The molecule has 2 N–H and O–H groups in total. The molecule has 16 heavy (non-hydrogen) atoms. The van der Waals surface area contributed by atoms with Gasteiger partial charge in [-0.05, 0) is 36.9 Å². The predicted molar refractivity (Wildman–Crippen MR) is 67.0 cm³/mol. The Labute approximate surface area is 99.6 Å². The van der Waals surface area contributed by atoms with E-state index < -0.39 is 0 Å². The van der Waals surface area contributed by atoms with Crippen molar-refractivity contribution in [3.05, 3.63) is 33.5 Å². The van der Waals surface area contributed by atoms with Crippen molar-refractivity contribution < 1.29 is 4.79 Å². The molecule has 1 aliphatic rings. The molecule has 1 aromatic rings. The van der Waals surface area contributed by atoms with Gasteiger partial charge in [-0.25, -0.2) is 0 Å². The number of aryl methyl sites for hydroxylation is 1. The smallest absolute Gasteiger partial charge is 0.261 e. The zero-order chi connectivity index (χ0) is 11.4. The summed E-state index contributed by atoms with van der Waals surface area (Å²) in [5.41, 5.74) is 2.38. The van der Waals surface area contributed by atoms with Crippen LogP contribution < -0.4 is 10.6 Å². The third kappa shape index (κ3) is 2.71. The van der Waals surface area contributed by atoms with Crippen LogP contribution in [0.4, 0.5) is 0 Å². The van der Waals surface area contributed by atoms with Gasteiger partial charge in [-0.1, -0.05) is 11.6 Å². The predicted octanol–water partition coefficient (Wildman–Crippen LogP) is 1.71. The molecule has 4 heteroatoms. The molecule has 3 nitrogen and oxygen atoms in total. The molecular weight excluding hydrogens is 220 g/mol. The maximum Gasteiger partial charge on any atom is 0.261 e. The number of carbonyl (C=O) groups is 1. The van der Waals surface area contributed by atoms with Crippen molar-refractivity contribution in [1.82, 2.24) is 10.6 Å². The molecule has 1 aromatic heterocycles. The number of hydrogen-bond acceptors (Lipinski definition) is 3. The summed E-state index contributed by atoms with van der Waals surface area (Å²) in [6.07, 6.45) is 3.19. The lowest BCUT2D eigenvalue weighted by atomic mass is 10.1. The van der Waals surface area contributed by atoms with Gasteiger partial charge in [0, 0.05) is 13.1 Å². The summed E-state index contributed by atoms with van der Waals surface area (Å²) in [6.45, 7) is 4.58. The average Bonchev–Trinajstić information content (AvgIpc) is 2.74. The van der Waals surface area contributed by atoms with E-state index >= 15 is 0 Å². The molecule has 0 saturated carbocycles. The zero-order valence-electron chi connectivity index (χ0n) is 9.38. The standard InChI is InChI=1S/C12H16N2OS/c1-9-4-7-16-11(9)12(15)14-8-10-2-5-13-6-3-10/h2,4,7,13H,3,5-6,8H2,1H3,(H,14,15). The Kier molecular flexibility index (Phi) is 3.74. The lowest BCUT2D eigenvalue weighted by molar-refractivity contribution is 0.0960. The summed E-state index contributed by atoms with van der Waals surface area (Å²) in [5.74, 6) is 0.0481. The van der Waals surface area contributed by atoms with Crippen LogP contribution in [0.15, 0.2) is 23.1 Å². The maximum absolute atomic E-state index is 11.8. The van der Waals surface area contributed by atoms with Gasteiger partial charge >= 0.3 is 0 Å². The van der Waals surface area contributed by atoms with E-state index in [9.17, 15) is 4.79 Å². The van der Waals surface area contributed by atoms with Gasteiger partial charge in [0.05, 0.1) is 4.88 Å². The molecule has 0 spiro atoms. The van der Waals surface area contributed by atoms with E-state index in [0.29, 0.717) is 6.54 Å². The quantitative estimate of drug-likeness (QED) is 0.784. The molecule has 0 bridgehead atoms. The fraction of sp³-hybridized carbons (Fsp3) is 0.417. The van der Waals surface area contributed by atoms with E-state index in [1.807, 2.05) is 18.4 Å². The molecule has 1 aliphatic heterocycles. The molecule has 1 amide bonds. The Morgan fingerprint density at radius 3 is 3.12 bits per heavy atom. The molecule has 0 fully saturated rings. The van der Waals surface area contributed by atoms with Crippen LogP contribution >= 0.6 is 11.3 Å². The number of nitrogens with one attached hydrogen (secondary N) is 2. The molecule has 2 rings (SSSR count). The third-order valence-electron chi connectivity index (χ3n) is 2.70. The highest BCUT2D eigenvalue weighted by Gasteiger charge is 2.10. The fourth-order valence-electron chi connectivity index (χ4n) is 1.71. The molecule has 2 heterocycles. The summed E-state index contributed by atoms with van der Waals surface area (Å²) < 4.78 is 0. The second-order valence-corrected chi connectivity index (χ2v) is 4.85. The average molecular weight is 236 g/mol. The van der Waals surface area contributed by atoms with Crippen LogP contribution in [0.25, 0.3) is 0 Å². The van der Waals surface area contributed by atoms with Gasteiger partial charge in [-0.2, -0.15) is 0 Å². The van der Waals surface area contributed by atoms with Crippen molar-refractivity contribution in [3.63, 3.8) is 0 Å². The summed E-state index contributed by atoms with van der Waals surface area (Å²) in [4.78, 5) is 12.7. The van der Waals surface area contributed by atoms with Crippen molar-refractivity contribution >= 4 is 17.2 Å². The molecule has 0 unspecified atom stereocenters. The SMILES string of the molecule is Cc1ccsc1C(=O)NCC1=CCNCC1. The highest BCUT2D eigenvalue weighted by molar-refractivity contribution is 7.12. The lowest BCUT2D eigenvalue weighted by Crippen LogP contribution is -2.29. The Morgan fingerprint density at radius 1 is 1.62 bits per heavy atom. The van der Waals surface area contributed by atoms with E-state index in [2.05, 4.69) is 16.7 Å². The van der Waals surface area contributed by atoms with Gasteiger partial charge < -0.3 is 10.6 Å². The monoisotopic (exact) mass is 236 g/mol. The molecule has 0 saturated heterocycles. The number of rotatable bonds is 3. The van der Waals surface area contributed by atoms with Crippen LogP contribution in [0.5, 0.6) is 0 Å². The number of carbonyl (C=O) groups excluding carboxylic acids is 1. The van der Waals surface area contributed by atoms with Crippen molar-refractivity contribution in [3.8, 4) is 0 Å². The van der Waals surface area contributed by atoms with Crippen LogP contribution in [0.1, 0.15) is 21.7 Å². The minimum atomic E-state index is 0.0481. The topological polar surface area (TPSA) is 41.1 Å². The van der Waals surface area contributed by atoms with Crippen molar-refractivity contribution in [2.75, 3.05) is 19.6 Å². The molecule has 0 aromatic carbocycles. The molecule has 0 atom stereocenters. The van der Waals surface area contributed by atoms with E-state index in [1.165, 1.54) is 16.9 Å². The summed E-state index contributed by atoms with van der Waals surface area (Å²) in [7, 11) is 0. The van der Waals surface area contributed by atoms with Crippen LogP contribution in [-0.2, 0) is 0 Å². The Bertz CT molecular complexity index is 409. The summed E-state index contributed by atoms with van der Waals surface area (Å²) in [5, 5.41) is 8.18. The highest BCUT2D eigenvalue weighted by atomic mass is 32.1. The minimum absolute atomic E-state index is 0.0481. The van der Waals surface area contributed by atoms with E-state index in [1.54, 1.807) is 0 Å². The molecule has 0 aliphatic carbocycles. The van der Waals surface area contributed by atoms with E-state index in [4.69, 9.17) is 0 Å². The first-order valence-corrected chi connectivity index (χ1v) is 6.36. The zero-order valence-corrected chi connectivity index (χ0v) is 10.2. The maximum atomic E-state index is 11.8. The Morgan fingerprint density at radius 2 is 2.50 bits per heavy atom. The van der Waals surface area contributed by atoms with Crippen LogP contribution in [-0.4, -0.2) is 25.5 Å². The first-order valence-electron chi connectivity index (χ1n) is 5.48. The summed E-state index contributed by atoms with van der Waals surface area (Å²) in [6, 6.07) is 1.98. The van der Waals surface area contributed by atoms with Gasteiger partial charge in [-0.3, -0.25) is 4.79 Å². The van der Waals surface area contributed by atoms with Gasteiger partial charge in [0.2, 0.25) is 0 Å². The minimum Gasteiger partial charge on any atom is -0.348 e. The van der Waals surface area contributed by atoms with Crippen molar-refractivity contribution in [1.29, 1.82) is 0 Å². The van der Waals surface area contributed by atoms with E-state index in [0.717, 1.165) is 30.0 Å². The Hall–Kier alpha value is -1.13. The second-order valence-electron chi connectivity index (χ2n) is 3.93. The first kappa shape index (κ1) is 11.4. The van der Waals surface area contributed by atoms with Crippen molar-refractivity contribution in [2.45, 2.75) is 13.3 Å². The summed E-state index contributed by atoms with van der Waals surface area (Å²) >= 11 is 1.50. The first-order chi connectivity index (χ1) is 7.77. The Balaban J connectivity index is 1.89. The number of thiophene rings is 1. The van der Waals surface area contributed by atoms with Crippen LogP contribution in [0.3, 0.4) is 0 Å². The fourth-order valence-corrected chi connectivity index (χ4v) is 2.55. The van der Waals surface area contributed by atoms with Crippen LogP contribution in [0, 0.1) is 6.92 Å². The van der Waals surface area contributed by atoms with Crippen molar-refractivity contribution in [2.24, 2.45) is 0 Å². The van der Waals surface area contributed by atoms with Gasteiger partial charge in [0.25, 0.3) is 5.91 Å². The largest absolute Gasteiger partial charge is 0.348 e. The van der Waals surface area contributed by atoms with Gasteiger partial charge in [0.1, 0.15) is 0 Å². The number of hydrogen-bond donors (Lipinski definition) is 2. The van der Waals surface area contributed by atoms with Gasteiger partial charge in [0.15, 0.2) is 0 Å². The van der Waals surface area contributed by atoms with E-state index in [-0.39, 0.29) is 5.91 Å².